The number of ether oxygens (including phenoxy) is 1. The van der Waals surface area contributed by atoms with Crippen LogP contribution in [0.1, 0.15) is 33.5 Å². The van der Waals surface area contributed by atoms with Crippen molar-refractivity contribution in [3.8, 4) is 11.4 Å². The van der Waals surface area contributed by atoms with Crippen LogP contribution in [0.4, 0.5) is 0 Å². The van der Waals surface area contributed by atoms with Gasteiger partial charge in [-0.1, -0.05) is 12.1 Å². The number of rotatable bonds is 5. The number of aliphatic hydroxyl groups excluding tert-OH is 1. The van der Waals surface area contributed by atoms with E-state index >= 15 is 0 Å². The first-order valence-electron chi connectivity index (χ1n) is 11.4. The molecule has 2 atom stereocenters. The number of carbonyl (C=O) groups excluding carboxylic acids is 1. The predicted octanol–water partition coefficient (Wildman–Crippen LogP) is 2.81. The number of carbonyl (C=O) groups is 1. The number of hydrogen-bond acceptors (Lipinski definition) is 6. The zero-order valence-electron chi connectivity index (χ0n) is 19.2. The molecule has 1 amide bonds. The van der Waals surface area contributed by atoms with Gasteiger partial charge in [0.05, 0.1) is 35.5 Å². The van der Waals surface area contributed by atoms with Gasteiger partial charge in [-0.15, -0.1) is 0 Å². The number of amides is 1. The highest BCUT2D eigenvalue weighted by Crippen LogP contribution is 2.27. The lowest BCUT2D eigenvalue weighted by atomic mass is 9.94. The lowest BCUT2D eigenvalue weighted by Crippen LogP contribution is -2.48. The van der Waals surface area contributed by atoms with Crippen molar-refractivity contribution in [2.75, 3.05) is 13.2 Å². The molecule has 2 N–H and O–H groups in total. The van der Waals surface area contributed by atoms with Crippen LogP contribution in [0.25, 0.3) is 22.3 Å². The van der Waals surface area contributed by atoms with Gasteiger partial charge in [0.15, 0.2) is 0 Å². The largest absolute Gasteiger partial charge is 0.389 e. The molecule has 5 rings (SSSR count). The third-order valence-corrected chi connectivity index (χ3v) is 6.35. The highest BCUT2D eigenvalue weighted by Gasteiger charge is 2.27. The molecular formula is C26H27N5O3. The first-order valence-corrected chi connectivity index (χ1v) is 11.4. The maximum Gasteiger partial charge on any atom is 0.253 e. The van der Waals surface area contributed by atoms with Gasteiger partial charge in [-0.3, -0.25) is 19.4 Å². The third kappa shape index (κ3) is 4.42. The molecule has 4 aromatic rings. The van der Waals surface area contributed by atoms with Crippen molar-refractivity contribution in [1.29, 1.82) is 0 Å². The van der Waals surface area contributed by atoms with Gasteiger partial charge in [-0.25, -0.2) is 0 Å². The fourth-order valence-corrected chi connectivity index (χ4v) is 4.39. The number of aryl methyl sites for hydroxylation is 2. The van der Waals surface area contributed by atoms with Gasteiger partial charge >= 0.3 is 0 Å². The van der Waals surface area contributed by atoms with Crippen molar-refractivity contribution in [1.82, 2.24) is 25.1 Å². The van der Waals surface area contributed by atoms with Crippen molar-refractivity contribution < 1.29 is 14.6 Å². The molecule has 0 spiro atoms. The molecule has 174 valence electrons. The summed E-state index contributed by atoms with van der Waals surface area (Å²) in [5, 5.41) is 18.5. The molecule has 34 heavy (non-hydrogen) atoms. The number of fused-ring (bicyclic) bond motifs is 1. The van der Waals surface area contributed by atoms with Gasteiger partial charge in [0.25, 0.3) is 5.91 Å². The molecule has 1 aromatic carbocycles. The van der Waals surface area contributed by atoms with E-state index in [1.165, 1.54) is 0 Å². The quantitative estimate of drug-likeness (QED) is 0.478. The fraction of sp³-hybridized carbons (Fsp3) is 0.308. The van der Waals surface area contributed by atoms with Crippen LogP contribution >= 0.6 is 0 Å². The molecule has 8 nitrogen and oxygen atoms in total. The van der Waals surface area contributed by atoms with Gasteiger partial charge in [-0.2, -0.15) is 5.10 Å². The summed E-state index contributed by atoms with van der Waals surface area (Å²) in [7, 11) is 1.88. The van der Waals surface area contributed by atoms with Crippen LogP contribution < -0.4 is 5.32 Å². The van der Waals surface area contributed by atoms with E-state index in [0.717, 1.165) is 33.5 Å². The summed E-state index contributed by atoms with van der Waals surface area (Å²) in [5.74, 6) is -0.237. The van der Waals surface area contributed by atoms with E-state index in [-0.39, 0.29) is 18.6 Å². The zero-order valence-corrected chi connectivity index (χ0v) is 19.2. The minimum absolute atomic E-state index is 0.227. The number of aromatic nitrogens is 4. The Balaban J connectivity index is 1.45. The molecule has 0 saturated carbocycles. The summed E-state index contributed by atoms with van der Waals surface area (Å²) < 4.78 is 7.04. The van der Waals surface area contributed by atoms with Crippen LogP contribution in [0.15, 0.2) is 55.0 Å². The summed E-state index contributed by atoms with van der Waals surface area (Å²) >= 11 is 0. The third-order valence-electron chi connectivity index (χ3n) is 6.35. The molecule has 1 saturated heterocycles. The van der Waals surface area contributed by atoms with E-state index in [4.69, 9.17) is 4.74 Å². The SMILES string of the molecule is Cc1c(Cc2ccc(-c3ccn(C)n3)nc2)cc(C(=O)N[C@H]2CCOC[C@@H]2O)c2ncccc12. The topological polar surface area (TPSA) is 102 Å². The average Bonchev–Trinajstić information content (AvgIpc) is 3.29. The first kappa shape index (κ1) is 22.2. The van der Waals surface area contributed by atoms with Gasteiger partial charge in [0.2, 0.25) is 0 Å². The summed E-state index contributed by atoms with van der Waals surface area (Å²) in [6.45, 7) is 2.80. The van der Waals surface area contributed by atoms with Crippen LogP contribution in [-0.2, 0) is 18.2 Å². The Kier molecular flexibility index (Phi) is 6.08. The van der Waals surface area contributed by atoms with Crippen molar-refractivity contribution in [2.45, 2.75) is 31.9 Å². The maximum absolute atomic E-state index is 13.3. The molecule has 3 aromatic heterocycles. The normalized spacial score (nSPS) is 18.2. The maximum atomic E-state index is 13.3. The van der Waals surface area contributed by atoms with Gasteiger partial charge in [-0.05, 0) is 60.7 Å². The van der Waals surface area contributed by atoms with Crippen LogP contribution in [0.5, 0.6) is 0 Å². The van der Waals surface area contributed by atoms with E-state index in [0.29, 0.717) is 30.5 Å². The number of nitrogens with zero attached hydrogens (tertiary/aromatic N) is 4. The molecule has 4 heterocycles. The Morgan fingerprint density at radius 1 is 1.24 bits per heavy atom. The van der Waals surface area contributed by atoms with Crippen LogP contribution in [0.3, 0.4) is 0 Å². The molecule has 0 aliphatic carbocycles. The highest BCUT2D eigenvalue weighted by molar-refractivity contribution is 6.06. The second kappa shape index (κ2) is 9.32. The minimum Gasteiger partial charge on any atom is -0.389 e. The second-order valence-electron chi connectivity index (χ2n) is 8.72. The Bertz CT molecular complexity index is 1330. The molecule has 1 aliphatic rings. The van der Waals surface area contributed by atoms with Crippen molar-refractivity contribution >= 4 is 16.8 Å². The Morgan fingerprint density at radius 2 is 2.12 bits per heavy atom. The van der Waals surface area contributed by atoms with E-state index in [1.807, 2.05) is 55.8 Å². The van der Waals surface area contributed by atoms with Crippen molar-refractivity contribution in [3.05, 3.63) is 77.2 Å². The highest BCUT2D eigenvalue weighted by atomic mass is 16.5. The van der Waals surface area contributed by atoms with Gasteiger partial charge in [0.1, 0.15) is 5.69 Å². The summed E-state index contributed by atoms with van der Waals surface area (Å²) in [6, 6.07) is 11.4. The Labute approximate surface area is 197 Å². The molecule has 0 bridgehead atoms. The van der Waals surface area contributed by atoms with E-state index in [9.17, 15) is 9.90 Å². The molecular weight excluding hydrogens is 430 g/mol. The lowest BCUT2D eigenvalue weighted by molar-refractivity contribution is -0.0260. The number of aliphatic hydroxyl groups is 1. The summed E-state index contributed by atoms with van der Waals surface area (Å²) in [4.78, 5) is 22.4. The number of pyridine rings is 2. The van der Waals surface area contributed by atoms with E-state index < -0.39 is 6.10 Å². The molecule has 0 radical (unpaired) electrons. The van der Waals surface area contributed by atoms with Gasteiger partial charge in [0, 0.05) is 37.6 Å². The first-order chi connectivity index (χ1) is 16.5. The minimum atomic E-state index is -0.717. The smallest absolute Gasteiger partial charge is 0.253 e. The zero-order chi connectivity index (χ0) is 23.7. The van der Waals surface area contributed by atoms with Crippen LogP contribution in [-0.4, -0.2) is 56.1 Å². The second-order valence-corrected chi connectivity index (χ2v) is 8.72. The van der Waals surface area contributed by atoms with Crippen molar-refractivity contribution in [3.63, 3.8) is 0 Å². The van der Waals surface area contributed by atoms with E-state index in [1.54, 1.807) is 10.9 Å². The standard InChI is InChI=1S/C26H27N5O3/c1-16-18(12-17-5-6-21(28-14-17)22-7-10-31(2)30-22)13-20(25-19(16)4-3-9-27-25)26(33)29-23-8-11-34-15-24(23)32/h3-7,9-10,13-14,23-24,32H,8,11-12,15H2,1-2H3,(H,29,33)/t23-,24-/m0/s1. The molecule has 8 heteroatoms. The van der Waals surface area contributed by atoms with Gasteiger partial charge < -0.3 is 15.2 Å². The number of nitrogens with one attached hydrogen (secondary N) is 1. The number of hydrogen-bond donors (Lipinski definition) is 2. The fourth-order valence-electron chi connectivity index (χ4n) is 4.39. The number of benzene rings is 1. The van der Waals surface area contributed by atoms with Crippen LogP contribution in [0.2, 0.25) is 0 Å². The summed E-state index contributed by atoms with van der Waals surface area (Å²) in [5.41, 5.74) is 5.97. The average molecular weight is 458 g/mol. The van der Waals surface area contributed by atoms with E-state index in [2.05, 4.69) is 27.3 Å². The molecule has 0 unspecified atom stereocenters. The Morgan fingerprint density at radius 3 is 2.85 bits per heavy atom. The van der Waals surface area contributed by atoms with Crippen molar-refractivity contribution in [2.24, 2.45) is 7.05 Å². The molecule has 1 fully saturated rings. The predicted molar refractivity (Wildman–Crippen MR) is 128 cm³/mol. The molecule has 1 aliphatic heterocycles. The monoisotopic (exact) mass is 457 g/mol. The van der Waals surface area contributed by atoms with Crippen LogP contribution in [0, 0.1) is 6.92 Å². The Hall–Kier alpha value is -3.62. The lowest BCUT2D eigenvalue weighted by Gasteiger charge is -2.28. The summed E-state index contributed by atoms with van der Waals surface area (Å²) in [6.07, 6.45) is 5.93.